The number of aliphatic hydroxyl groups excluding tert-OH is 1. The number of hydrogen-bond acceptors (Lipinski definition) is 10. The zero-order valence-corrected chi connectivity index (χ0v) is 62.7. The first-order valence-electron chi connectivity index (χ1n) is 42.1. The van der Waals surface area contributed by atoms with Gasteiger partial charge in [-0.3, -0.25) is 15.0 Å². The monoisotopic (exact) mass is 1370 g/mol. The maximum Gasteiger partial charge on any atom is 0.115 e. The van der Waals surface area contributed by atoms with Crippen LogP contribution >= 0.6 is 0 Å². The number of nitrogens with one attached hydrogen (secondary N) is 4. The molecule has 22 aliphatic rings. The van der Waals surface area contributed by atoms with Crippen LogP contribution in [0.1, 0.15) is 254 Å². The molecule has 0 radical (unpaired) electrons. The van der Waals surface area contributed by atoms with Crippen molar-refractivity contribution < 1.29 is 15.3 Å². The first-order valence-corrected chi connectivity index (χ1v) is 42.1. The van der Waals surface area contributed by atoms with Crippen LogP contribution in [-0.4, -0.2) is 84.4 Å². The summed E-state index contributed by atoms with van der Waals surface area (Å²) in [6, 6.07) is 22.4. The van der Waals surface area contributed by atoms with Gasteiger partial charge in [-0.05, 0) is 419 Å². The van der Waals surface area contributed by atoms with Crippen molar-refractivity contribution >= 4 is 24.3 Å². The molecule has 0 saturated heterocycles. The van der Waals surface area contributed by atoms with E-state index in [2.05, 4.69) is 80.8 Å². The Labute approximate surface area is 609 Å². The topological polar surface area (TPSA) is 146 Å². The van der Waals surface area contributed by atoms with E-state index in [1.165, 1.54) is 208 Å². The fourth-order valence-electron chi connectivity index (χ4n) is 28.3. The van der Waals surface area contributed by atoms with E-state index >= 15 is 0 Å². The summed E-state index contributed by atoms with van der Waals surface area (Å²) in [5.41, 5.74) is 11.8. The van der Waals surface area contributed by atoms with E-state index in [4.69, 9.17) is 4.99 Å². The Kier molecular flexibility index (Phi) is 21.2. The van der Waals surface area contributed by atoms with Crippen molar-refractivity contribution in [3.63, 3.8) is 0 Å². The lowest BCUT2D eigenvalue weighted by Crippen LogP contribution is -2.58. The smallest absolute Gasteiger partial charge is 0.115 e. The minimum Gasteiger partial charge on any atom is -0.508 e. The third-order valence-corrected chi connectivity index (χ3v) is 31.0. The molecule has 7 N–H and O–H groups in total. The molecular formula is C91H131N7O3. The minimum atomic E-state index is 0.214. The molecule has 2 heterocycles. The number of aromatic hydroxyl groups is 2. The molecule has 3 aromatic carbocycles. The normalized spacial score (nSPS) is 40.0. The largest absolute Gasteiger partial charge is 0.508 e. The van der Waals surface area contributed by atoms with Gasteiger partial charge in [-0.15, -0.1) is 0 Å². The number of aliphatic hydroxyl groups is 1. The summed E-state index contributed by atoms with van der Waals surface area (Å²) in [6.45, 7) is 9.39. The molecular weight excluding hydrogens is 1240 g/mol. The predicted molar refractivity (Wildman–Crippen MR) is 416 cm³/mol. The van der Waals surface area contributed by atoms with Crippen LogP contribution in [0.2, 0.25) is 0 Å². The van der Waals surface area contributed by atoms with Crippen LogP contribution in [0.3, 0.4) is 0 Å². The number of phenols is 2. The van der Waals surface area contributed by atoms with Gasteiger partial charge in [0.05, 0.1) is 12.1 Å². The average Bonchev–Trinajstić information content (AvgIpc) is 1.00. The van der Waals surface area contributed by atoms with E-state index < -0.39 is 0 Å². The van der Waals surface area contributed by atoms with Gasteiger partial charge in [0.2, 0.25) is 0 Å². The number of rotatable bonds is 21. The molecule has 10 nitrogen and oxygen atoms in total. The number of nitrogens with zero attached hydrogens (tertiary/aromatic N) is 3. The second kappa shape index (κ2) is 30.3. The molecule has 548 valence electrons. The zero-order chi connectivity index (χ0) is 68.8. The molecule has 20 saturated carbocycles. The highest BCUT2D eigenvalue weighted by Gasteiger charge is 2.56. The Hall–Kier alpha value is -4.61. The summed E-state index contributed by atoms with van der Waals surface area (Å²) in [7, 11) is 1.97. The van der Waals surface area contributed by atoms with Crippen LogP contribution in [0, 0.1) is 118 Å². The lowest BCUT2D eigenvalue weighted by atomic mass is 9.46. The Morgan fingerprint density at radius 2 is 0.960 bits per heavy atom. The van der Waals surface area contributed by atoms with Gasteiger partial charge in [0.15, 0.2) is 0 Å². The number of aryl methyl sites for hydroxylation is 2. The number of aliphatic imine (C=N–C) groups is 3. The molecule has 0 aromatic heterocycles. The van der Waals surface area contributed by atoms with Gasteiger partial charge < -0.3 is 36.6 Å². The zero-order valence-electron chi connectivity index (χ0n) is 62.7. The lowest BCUT2D eigenvalue weighted by molar-refractivity contribution is -0.0846. The molecule has 1 unspecified atom stereocenters. The third-order valence-electron chi connectivity index (χ3n) is 31.0. The molecule has 25 rings (SSSR count). The van der Waals surface area contributed by atoms with Gasteiger partial charge in [-0.1, -0.05) is 31.2 Å². The van der Waals surface area contributed by atoms with Gasteiger partial charge in [-0.25, -0.2) is 0 Å². The van der Waals surface area contributed by atoms with Gasteiger partial charge in [0, 0.05) is 87.8 Å². The van der Waals surface area contributed by atoms with Gasteiger partial charge >= 0.3 is 0 Å². The number of phenolic OH excluding ortho intramolecular Hbond substituents is 2. The second-order valence-electron chi connectivity index (χ2n) is 39.2. The summed E-state index contributed by atoms with van der Waals surface area (Å²) in [5.74, 6) is 17.0. The second-order valence-corrected chi connectivity index (χ2v) is 39.2. The van der Waals surface area contributed by atoms with Crippen LogP contribution in [0.25, 0.3) is 0 Å². The summed E-state index contributed by atoms with van der Waals surface area (Å²) in [6.07, 6.45) is 61.3. The maximum absolute atomic E-state index is 9.67. The molecule has 2 aliphatic heterocycles. The molecule has 10 heteroatoms. The summed E-state index contributed by atoms with van der Waals surface area (Å²) >= 11 is 0. The third kappa shape index (κ3) is 16.8. The molecule has 2 atom stereocenters. The summed E-state index contributed by atoms with van der Waals surface area (Å²) in [4.78, 5) is 13.4. The molecule has 20 bridgehead atoms. The standard InChI is InChI=1S/C20H28O.C18H28N2O.C18H26N2.C18H23NO.C17H26N2/c1-14(2-3-15-4-6-19(21)7-5-15)20-11-16-8-17(12-20)10-18(9-16)13-20;21-11-17(6-13-1-2-19-10-13)20-12-18-7-14-3-15(8-18)5-16(4-14)9-18;1-19-17-4-2-13(3-5-17)12-20-18-9-14-6-15(10-18)8-16(7-14)11-18;1-12-4-17(20)3-2-16(12)11-19-18-8-13-5-14(9-18)7-15(6-13)10-18;1-3-18-11-13(1)2-4-19-12-17-8-14-5-15(9-17)7-16(6-14)10-17/h4-7,14,16-18,21H,2-3,8-13H2,1H3;2,10,14-17,20-21H,1,3-9,11-12H2;2-5,14-16,19-20H,6-12H2,1H3;2-4,11,13-15,20H,5-10H2,1H3;3,11,14-16,19H,1-2,4-10,12H2/t;14?,15?,16?,17-,18?;;;/m.0.../s1. The first kappa shape index (κ1) is 70.7. The minimum absolute atomic E-state index is 0.214. The number of anilines is 1. The SMILES string of the molecule is C1=NC=C(CCNCC23CC4CC(CC(C4)C2)C3)C1.CC(CCc1ccc(O)cc1)C12CC3CC(CC(C3)C1)C2.CNc1ccc(CNC23CC4CC(CC(C4)C2)C3)cc1.Cc1cc(O)ccc1C=NC12CC3CC(CC(C3)C1)C2.OC[C@H](CC1=CN=CC1)NCC12CC3CC(CC(C3)C1)C2. The van der Waals surface area contributed by atoms with E-state index in [1.807, 2.05) is 63.1 Å². The Morgan fingerprint density at radius 1 is 0.515 bits per heavy atom. The first-order chi connectivity index (χ1) is 49.0. The van der Waals surface area contributed by atoms with Crippen molar-refractivity contribution in [2.24, 2.45) is 126 Å². The number of hydrogen-bond donors (Lipinski definition) is 7. The van der Waals surface area contributed by atoms with Gasteiger partial charge in [0.25, 0.3) is 0 Å². The van der Waals surface area contributed by atoms with E-state index in [9.17, 15) is 15.3 Å². The van der Waals surface area contributed by atoms with Gasteiger partial charge in [-0.2, -0.15) is 0 Å². The van der Waals surface area contributed by atoms with E-state index in [1.54, 1.807) is 44.6 Å². The number of benzene rings is 3. The van der Waals surface area contributed by atoms with Crippen LogP contribution in [0.5, 0.6) is 11.5 Å². The fourth-order valence-corrected chi connectivity index (χ4v) is 28.3. The van der Waals surface area contributed by atoms with E-state index in [-0.39, 0.29) is 18.2 Å². The van der Waals surface area contributed by atoms with Crippen LogP contribution < -0.4 is 21.3 Å². The van der Waals surface area contributed by atoms with E-state index in [0.29, 0.717) is 33.3 Å². The highest BCUT2D eigenvalue weighted by molar-refractivity contribution is 5.82. The molecule has 101 heavy (non-hydrogen) atoms. The predicted octanol–water partition coefficient (Wildman–Crippen LogP) is 19.5. The Balaban J connectivity index is 0.0000000980. The summed E-state index contributed by atoms with van der Waals surface area (Å²) in [5, 5.41) is 43.2. The van der Waals surface area contributed by atoms with Crippen LogP contribution in [-0.2, 0) is 13.0 Å². The molecule has 0 amide bonds. The molecule has 3 aromatic rings. The molecule has 20 fully saturated rings. The highest BCUT2D eigenvalue weighted by Crippen LogP contribution is 2.65. The Bertz CT molecular complexity index is 3270. The van der Waals surface area contributed by atoms with Crippen molar-refractivity contribution in [1.82, 2.24) is 16.0 Å². The van der Waals surface area contributed by atoms with Crippen LogP contribution in [0.4, 0.5) is 5.69 Å². The molecule has 0 spiro atoms. The highest BCUT2D eigenvalue weighted by atomic mass is 16.3. The van der Waals surface area contributed by atoms with Crippen molar-refractivity contribution in [2.75, 3.05) is 38.6 Å². The fraction of sp³-hybridized carbons (Fsp3) is 0.725. The summed E-state index contributed by atoms with van der Waals surface area (Å²) < 4.78 is 0. The Morgan fingerprint density at radius 3 is 1.43 bits per heavy atom. The van der Waals surface area contributed by atoms with Crippen molar-refractivity contribution in [3.05, 3.63) is 113 Å². The lowest BCUT2D eigenvalue weighted by Gasteiger charge is -2.59. The quantitative estimate of drug-likeness (QED) is 0.0415. The van der Waals surface area contributed by atoms with Crippen molar-refractivity contribution in [1.29, 1.82) is 0 Å². The van der Waals surface area contributed by atoms with Crippen LogP contribution in [0.15, 0.2) is 105 Å². The average molecular weight is 1370 g/mol. The van der Waals surface area contributed by atoms with Gasteiger partial charge in [0.1, 0.15) is 11.5 Å². The molecule has 20 aliphatic carbocycles. The van der Waals surface area contributed by atoms with Crippen molar-refractivity contribution in [3.8, 4) is 11.5 Å². The van der Waals surface area contributed by atoms with Crippen molar-refractivity contribution in [2.45, 2.75) is 269 Å². The van der Waals surface area contributed by atoms with E-state index in [0.717, 1.165) is 145 Å². The maximum atomic E-state index is 9.67.